The van der Waals surface area contributed by atoms with Crippen molar-refractivity contribution in [3.05, 3.63) is 54.4 Å². The van der Waals surface area contributed by atoms with Gasteiger partial charge in [-0.15, -0.1) is 0 Å². The van der Waals surface area contributed by atoms with E-state index in [1.807, 2.05) is 43.3 Å². The summed E-state index contributed by atoms with van der Waals surface area (Å²) in [5.41, 5.74) is 2.89. The lowest BCUT2D eigenvalue weighted by atomic mass is 9.96. The van der Waals surface area contributed by atoms with Crippen molar-refractivity contribution in [2.24, 2.45) is 5.92 Å². The molecule has 7 nitrogen and oxygen atoms in total. The van der Waals surface area contributed by atoms with E-state index >= 15 is 0 Å². The zero-order valence-electron chi connectivity index (χ0n) is 16.5. The zero-order valence-corrected chi connectivity index (χ0v) is 16.5. The number of carbonyl (C=O) groups excluding carboxylic acids is 2. The summed E-state index contributed by atoms with van der Waals surface area (Å²) in [5, 5.41) is 7.38. The van der Waals surface area contributed by atoms with Gasteiger partial charge in [-0.2, -0.15) is 5.10 Å². The molecule has 1 N–H and O–H groups in total. The van der Waals surface area contributed by atoms with E-state index in [0.717, 1.165) is 30.5 Å². The van der Waals surface area contributed by atoms with E-state index in [2.05, 4.69) is 15.4 Å². The molecule has 1 aliphatic rings. The predicted molar refractivity (Wildman–Crippen MR) is 110 cm³/mol. The second-order valence-corrected chi connectivity index (χ2v) is 7.37. The van der Waals surface area contributed by atoms with Gasteiger partial charge in [0.05, 0.1) is 17.8 Å². The van der Waals surface area contributed by atoms with E-state index in [9.17, 15) is 9.59 Å². The molecule has 3 heterocycles. The average Bonchev–Trinajstić information content (AvgIpc) is 3.22. The molecule has 29 heavy (non-hydrogen) atoms. The summed E-state index contributed by atoms with van der Waals surface area (Å²) in [7, 11) is 0. The third kappa shape index (κ3) is 3.85. The zero-order chi connectivity index (χ0) is 20.2. The number of amides is 2. The van der Waals surface area contributed by atoms with Crippen LogP contribution in [0.4, 0.5) is 0 Å². The van der Waals surface area contributed by atoms with Crippen LogP contribution in [0.2, 0.25) is 0 Å². The third-order valence-electron chi connectivity index (χ3n) is 5.33. The summed E-state index contributed by atoms with van der Waals surface area (Å²) in [6, 6.07) is 11.8. The molecule has 0 bridgehead atoms. The summed E-state index contributed by atoms with van der Waals surface area (Å²) in [5.74, 6) is -0.242. The lowest BCUT2D eigenvalue weighted by molar-refractivity contribution is -0.126. The van der Waals surface area contributed by atoms with Gasteiger partial charge in [-0.05, 0) is 25.3 Å². The molecule has 2 aromatic heterocycles. The fourth-order valence-electron chi connectivity index (χ4n) is 3.81. The molecule has 3 aromatic rings. The van der Waals surface area contributed by atoms with Crippen LogP contribution in [0, 0.1) is 5.92 Å². The minimum atomic E-state index is -0.158. The number of nitrogens with one attached hydrogen (secondary N) is 1. The van der Waals surface area contributed by atoms with E-state index in [1.165, 1.54) is 0 Å². The van der Waals surface area contributed by atoms with Crippen LogP contribution in [-0.4, -0.2) is 50.9 Å². The SMILES string of the molecule is CCCNC(=O)C1CCCN(C(=O)c2cnn3c(-c4ccccc4)ccnc23)C1. The molecule has 7 heteroatoms. The van der Waals surface area contributed by atoms with E-state index in [0.29, 0.717) is 30.8 Å². The fraction of sp³-hybridized carbons (Fsp3) is 0.364. The van der Waals surface area contributed by atoms with Crippen molar-refractivity contribution in [2.45, 2.75) is 26.2 Å². The van der Waals surface area contributed by atoms with Gasteiger partial charge in [0.2, 0.25) is 5.91 Å². The summed E-state index contributed by atoms with van der Waals surface area (Å²) in [4.78, 5) is 31.7. The van der Waals surface area contributed by atoms with Crippen LogP contribution in [0.25, 0.3) is 16.9 Å². The van der Waals surface area contributed by atoms with Gasteiger partial charge < -0.3 is 10.2 Å². The number of aromatic nitrogens is 3. The first-order valence-electron chi connectivity index (χ1n) is 10.1. The van der Waals surface area contributed by atoms with Crippen LogP contribution in [0.5, 0.6) is 0 Å². The van der Waals surface area contributed by atoms with Gasteiger partial charge in [0.15, 0.2) is 5.65 Å². The average molecular weight is 391 g/mol. The highest BCUT2D eigenvalue weighted by Gasteiger charge is 2.30. The first-order chi connectivity index (χ1) is 14.2. The molecule has 1 unspecified atom stereocenters. The number of benzene rings is 1. The first-order valence-corrected chi connectivity index (χ1v) is 10.1. The third-order valence-corrected chi connectivity index (χ3v) is 5.33. The maximum Gasteiger partial charge on any atom is 0.259 e. The highest BCUT2D eigenvalue weighted by molar-refractivity contribution is 6.00. The van der Waals surface area contributed by atoms with Crippen LogP contribution < -0.4 is 5.32 Å². The van der Waals surface area contributed by atoms with Crippen LogP contribution in [0.3, 0.4) is 0 Å². The summed E-state index contributed by atoms with van der Waals surface area (Å²) < 4.78 is 1.71. The second-order valence-electron chi connectivity index (χ2n) is 7.37. The van der Waals surface area contributed by atoms with Crippen molar-refractivity contribution in [1.29, 1.82) is 0 Å². The Labute approximate surface area is 169 Å². The number of nitrogens with zero attached hydrogens (tertiary/aromatic N) is 4. The van der Waals surface area contributed by atoms with Gasteiger partial charge in [0.1, 0.15) is 5.56 Å². The number of likely N-dealkylation sites (tertiary alicyclic amines) is 1. The number of rotatable bonds is 5. The number of fused-ring (bicyclic) bond motifs is 1. The Balaban J connectivity index is 1.58. The predicted octanol–water partition coefficient (Wildman–Crippen LogP) is 2.77. The molecular weight excluding hydrogens is 366 g/mol. The Morgan fingerprint density at radius 1 is 1.21 bits per heavy atom. The molecule has 1 fully saturated rings. The van der Waals surface area contributed by atoms with Gasteiger partial charge >= 0.3 is 0 Å². The molecule has 0 saturated carbocycles. The molecule has 1 aromatic carbocycles. The van der Waals surface area contributed by atoms with Crippen LogP contribution >= 0.6 is 0 Å². The number of piperidine rings is 1. The van der Waals surface area contributed by atoms with Crippen molar-refractivity contribution >= 4 is 17.5 Å². The van der Waals surface area contributed by atoms with Gasteiger partial charge in [-0.3, -0.25) is 9.59 Å². The van der Waals surface area contributed by atoms with Crippen molar-refractivity contribution < 1.29 is 9.59 Å². The molecule has 4 rings (SSSR count). The number of hydrogen-bond acceptors (Lipinski definition) is 4. The maximum absolute atomic E-state index is 13.2. The topological polar surface area (TPSA) is 79.6 Å². The minimum Gasteiger partial charge on any atom is -0.356 e. The lowest BCUT2D eigenvalue weighted by Gasteiger charge is -2.31. The minimum absolute atomic E-state index is 0.0358. The number of hydrogen-bond donors (Lipinski definition) is 1. The smallest absolute Gasteiger partial charge is 0.259 e. The van der Waals surface area contributed by atoms with Crippen molar-refractivity contribution in [2.75, 3.05) is 19.6 Å². The molecule has 1 saturated heterocycles. The molecule has 0 aliphatic carbocycles. The molecular formula is C22H25N5O2. The van der Waals surface area contributed by atoms with E-state index in [-0.39, 0.29) is 17.7 Å². The second kappa shape index (κ2) is 8.43. The van der Waals surface area contributed by atoms with Crippen LogP contribution in [0.15, 0.2) is 48.8 Å². The quantitative estimate of drug-likeness (QED) is 0.725. The first kappa shape index (κ1) is 19.1. The van der Waals surface area contributed by atoms with Crippen LogP contribution in [-0.2, 0) is 4.79 Å². The molecule has 0 radical (unpaired) electrons. The van der Waals surface area contributed by atoms with E-state index in [1.54, 1.807) is 21.8 Å². The van der Waals surface area contributed by atoms with Crippen molar-refractivity contribution in [3.8, 4) is 11.3 Å². The Morgan fingerprint density at radius 2 is 2.03 bits per heavy atom. The van der Waals surface area contributed by atoms with Gasteiger partial charge in [-0.25, -0.2) is 9.50 Å². The summed E-state index contributed by atoms with van der Waals surface area (Å²) in [6.45, 7) is 3.78. The van der Waals surface area contributed by atoms with E-state index < -0.39 is 0 Å². The highest BCUT2D eigenvalue weighted by Crippen LogP contribution is 2.23. The van der Waals surface area contributed by atoms with Gasteiger partial charge in [0.25, 0.3) is 5.91 Å². The van der Waals surface area contributed by atoms with Crippen molar-refractivity contribution in [1.82, 2.24) is 24.8 Å². The fourth-order valence-corrected chi connectivity index (χ4v) is 3.81. The largest absolute Gasteiger partial charge is 0.356 e. The maximum atomic E-state index is 13.2. The summed E-state index contributed by atoms with van der Waals surface area (Å²) in [6.07, 6.45) is 5.81. The Hall–Kier alpha value is -3.22. The standard InChI is InChI=1S/C22H25N5O2/c1-2-11-24-21(28)17-9-6-13-26(15-17)22(29)18-14-25-27-19(10-12-23-20(18)27)16-7-4-3-5-8-16/h3-5,7-8,10,12,14,17H,2,6,9,11,13,15H2,1H3,(H,24,28). The molecule has 0 spiro atoms. The molecule has 2 amide bonds. The van der Waals surface area contributed by atoms with E-state index in [4.69, 9.17) is 0 Å². The normalized spacial score (nSPS) is 16.7. The Kier molecular flexibility index (Phi) is 5.55. The number of carbonyl (C=O) groups is 2. The van der Waals surface area contributed by atoms with Crippen LogP contribution in [0.1, 0.15) is 36.5 Å². The lowest BCUT2D eigenvalue weighted by Crippen LogP contribution is -2.45. The molecule has 1 aliphatic heterocycles. The van der Waals surface area contributed by atoms with Gasteiger partial charge in [-0.1, -0.05) is 37.3 Å². The monoisotopic (exact) mass is 391 g/mol. The van der Waals surface area contributed by atoms with Gasteiger partial charge in [0, 0.05) is 31.4 Å². The van der Waals surface area contributed by atoms with Crippen molar-refractivity contribution in [3.63, 3.8) is 0 Å². The summed E-state index contributed by atoms with van der Waals surface area (Å²) >= 11 is 0. The molecule has 1 atom stereocenters. The highest BCUT2D eigenvalue weighted by atomic mass is 16.2. The Bertz CT molecular complexity index is 1010. The Morgan fingerprint density at radius 3 is 2.83 bits per heavy atom. The molecule has 150 valence electrons.